The Hall–Kier alpha value is -2.97. The van der Waals surface area contributed by atoms with E-state index in [1.807, 2.05) is 36.9 Å². The fourth-order valence-electron chi connectivity index (χ4n) is 5.68. The minimum Gasteiger partial charge on any atom is -0.349 e. The average molecular weight is 534 g/mol. The van der Waals surface area contributed by atoms with E-state index >= 15 is 0 Å². The number of rotatable bonds is 8. The maximum absolute atomic E-state index is 13.1. The number of aromatic nitrogens is 1. The fourth-order valence-corrected chi connectivity index (χ4v) is 6.72. The SMILES string of the molecule is CCN(CC)C(=O)C1CCCN(c2nc3ccc(C(=O)NC4CCN(Cc5ccccc5)CC4)cc3s2)C1. The number of anilines is 1. The van der Waals surface area contributed by atoms with Crippen molar-refractivity contribution in [3.63, 3.8) is 0 Å². The lowest BCUT2D eigenvalue weighted by molar-refractivity contribution is -0.135. The van der Waals surface area contributed by atoms with Crippen LogP contribution in [0, 0.1) is 5.92 Å². The summed E-state index contributed by atoms with van der Waals surface area (Å²) in [4.78, 5) is 37.5. The summed E-state index contributed by atoms with van der Waals surface area (Å²) >= 11 is 1.62. The molecule has 2 amide bonds. The maximum atomic E-state index is 13.1. The number of nitrogens with one attached hydrogen (secondary N) is 1. The highest BCUT2D eigenvalue weighted by molar-refractivity contribution is 7.22. The van der Waals surface area contributed by atoms with Gasteiger partial charge in [-0.3, -0.25) is 14.5 Å². The Bertz CT molecular complexity index is 1230. The summed E-state index contributed by atoms with van der Waals surface area (Å²) in [6, 6.07) is 16.6. The zero-order valence-corrected chi connectivity index (χ0v) is 23.4. The maximum Gasteiger partial charge on any atom is 0.251 e. The molecule has 0 bridgehead atoms. The molecule has 1 N–H and O–H groups in total. The van der Waals surface area contributed by atoms with Gasteiger partial charge in [0.25, 0.3) is 5.91 Å². The number of nitrogens with zero attached hydrogens (tertiary/aromatic N) is 4. The molecule has 7 nitrogen and oxygen atoms in total. The second-order valence-corrected chi connectivity index (χ2v) is 11.5. The van der Waals surface area contributed by atoms with Crippen molar-refractivity contribution in [2.75, 3.05) is 44.2 Å². The number of thiazole rings is 1. The zero-order chi connectivity index (χ0) is 26.5. The Labute approximate surface area is 229 Å². The molecule has 2 fully saturated rings. The standard InChI is InChI=1S/C30H39N5O2S/c1-3-34(4-2)29(37)24-11-8-16-35(21-24)30-32-26-13-12-23(19-27(26)38-30)28(36)31-25-14-17-33(18-15-25)20-22-9-6-5-7-10-22/h5-7,9-10,12-13,19,24-25H,3-4,8,11,14-18,20-21H2,1-2H3,(H,31,36). The third-order valence-corrected chi connectivity index (χ3v) is 9.01. The van der Waals surface area contributed by atoms with Crippen LogP contribution in [0.1, 0.15) is 55.5 Å². The normalized spacial score (nSPS) is 19.0. The largest absolute Gasteiger partial charge is 0.349 e. The Morgan fingerprint density at radius 2 is 1.79 bits per heavy atom. The molecule has 2 aliphatic rings. The predicted molar refractivity (Wildman–Crippen MR) is 155 cm³/mol. The summed E-state index contributed by atoms with van der Waals surface area (Å²) in [5.74, 6) is 0.271. The number of fused-ring (bicyclic) bond motifs is 1. The molecule has 2 saturated heterocycles. The van der Waals surface area contributed by atoms with Crippen molar-refractivity contribution in [1.82, 2.24) is 20.1 Å². The van der Waals surface area contributed by atoms with Gasteiger partial charge in [-0.2, -0.15) is 0 Å². The monoisotopic (exact) mass is 533 g/mol. The van der Waals surface area contributed by atoms with Crippen LogP contribution in [-0.4, -0.2) is 71.9 Å². The van der Waals surface area contributed by atoms with Crippen LogP contribution in [0.5, 0.6) is 0 Å². The average Bonchev–Trinajstić information content (AvgIpc) is 3.39. The Morgan fingerprint density at radius 3 is 2.53 bits per heavy atom. The van der Waals surface area contributed by atoms with Crippen LogP contribution < -0.4 is 10.2 Å². The summed E-state index contributed by atoms with van der Waals surface area (Å²) in [5.41, 5.74) is 2.93. The van der Waals surface area contributed by atoms with Crippen LogP contribution in [0.15, 0.2) is 48.5 Å². The third kappa shape index (κ3) is 6.18. The zero-order valence-electron chi connectivity index (χ0n) is 22.6. The number of carbonyl (C=O) groups is 2. The highest BCUT2D eigenvalue weighted by atomic mass is 32.1. The number of carbonyl (C=O) groups excluding carboxylic acids is 2. The lowest BCUT2D eigenvalue weighted by Gasteiger charge is -2.34. The highest BCUT2D eigenvalue weighted by Gasteiger charge is 2.30. The molecule has 0 radical (unpaired) electrons. The summed E-state index contributed by atoms with van der Waals surface area (Å²) in [5, 5.41) is 4.21. The Morgan fingerprint density at radius 1 is 1.03 bits per heavy atom. The topological polar surface area (TPSA) is 68.8 Å². The van der Waals surface area contributed by atoms with Crippen LogP contribution in [0.25, 0.3) is 10.2 Å². The first-order chi connectivity index (χ1) is 18.5. The first-order valence-electron chi connectivity index (χ1n) is 14.1. The van der Waals surface area contributed by atoms with Gasteiger partial charge in [-0.05, 0) is 63.3 Å². The van der Waals surface area contributed by atoms with Crippen molar-refractivity contribution in [3.05, 3.63) is 59.7 Å². The number of amides is 2. The van der Waals surface area contributed by atoms with Gasteiger partial charge in [0, 0.05) is 57.4 Å². The predicted octanol–water partition coefficient (Wildman–Crippen LogP) is 4.78. The van der Waals surface area contributed by atoms with Crippen molar-refractivity contribution >= 4 is 38.5 Å². The quantitative estimate of drug-likeness (QED) is 0.452. The van der Waals surface area contributed by atoms with Crippen LogP contribution in [-0.2, 0) is 11.3 Å². The molecule has 0 saturated carbocycles. The van der Waals surface area contributed by atoms with Crippen LogP contribution in [0.2, 0.25) is 0 Å². The van der Waals surface area contributed by atoms with E-state index in [1.54, 1.807) is 11.3 Å². The van der Waals surface area contributed by atoms with E-state index in [0.717, 1.165) is 80.3 Å². The minimum absolute atomic E-state index is 0.00813. The molecular weight excluding hydrogens is 494 g/mol. The Kier molecular flexibility index (Phi) is 8.59. The van der Waals surface area contributed by atoms with Gasteiger partial charge >= 0.3 is 0 Å². The molecule has 5 rings (SSSR count). The third-order valence-electron chi connectivity index (χ3n) is 7.93. The van der Waals surface area contributed by atoms with Crippen LogP contribution in [0.4, 0.5) is 5.13 Å². The van der Waals surface area contributed by atoms with E-state index in [2.05, 4.69) is 45.4 Å². The van der Waals surface area contributed by atoms with E-state index < -0.39 is 0 Å². The summed E-state index contributed by atoms with van der Waals surface area (Å²) in [6.45, 7) is 10.2. The summed E-state index contributed by atoms with van der Waals surface area (Å²) < 4.78 is 1.02. The molecule has 38 heavy (non-hydrogen) atoms. The second kappa shape index (κ2) is 12.3. The van der Waals surface area contributed by atoms with Gasteiger partial charge in [-0.1, -0.05) is 41.7 Å². The number of benzene rings is 2. The van der Waals surface area contributed by atoms with E-state index in [0.29, 0.717) is 12.1 Å². The summed E-state index contributed by atoms with van der Waals surface area (Å²) in [6.07, 6.45) is 3.86. The first-order valence-corrected chi connectivity index (χ1v) is 14.9. The number of hydrogen-bond donors (Lipinski definition) is 1. The molecule has 0 spiro atoms. The lowest BCUT2D eigenvalue weighted by atomic mass is 9.97. The number of hydrogen-bond acceptors (Lipinski definition) is 6. The van der Waals surface area contributed by atoms with Crippen molar-refractivity contribution < 1.29 is 9.59 Å². The van der Waals surface area contributed by atoms with Gasteiger partial charge in [-0.15, -0.1) is 0 Å². The van der Waals surface area contributed by atoms with Crippen LogP contribution in [0.3, 0.4) is 0 Å². The molecule has 0 aliphatic carbocycles. The molecule has 3 aromatic rings. The van der Waals surface area contributed by atoms with Crippen molar-refractivity contribution in [2.45, 2.75) is 52.1 Å². The molecule has 1 atom stereocenters. The fraction of sp³-hybridized carbons (Fsp3) is 0.500. The van der Waals surface area contributed by atoms with Crippen molar-refractivity contribution in [2.24, 2.45) is 5.92 Å². The van der Waals surface area contributed by atoms with Gasteiger partial charge in [-0.25, -0.2) is 4.98 Å². The minimum atomic E-state index is -0.00813. The van der Waals surface area contributed by atoms with Crippen molar-refractivity contribution in [1.29, 1.82) is 0 Å². The highest BCUT2D eigenvalue weighted by Crippen LogP contribution is 2.32. The van der Waals surface area contributed by atoms with Gasteiger partial charge < -0.3 is 15.1 Å². The molecule has 1 unspecified atom stereocenters. The van der Waals surface area contributed by atoms with E-state index in [1.165, 1.54) is 5.56 Å². The Balaban J connectivity index is 1.18. The van der Waals surface area contributed by atoms with E-state index in [9.17, 15) is 9.59 Å². The molecule has 2 aromatic carbocycles. The van der Waals surface area contributed by atoms with Gasteiger partial charge in [0.15, 0.2) is 5.13 Å². The van der Waals surface area contributed by atoms with Gasteiger partial charge in [0.1, 0.15) is 0 Å². The van der Waals surface area contributed by atoms with E-state index in [-0.39, 0.29) is 23.8 Å². The smallest absolute Gasteiger partial charge is 0.251 e. The van der Waals surface area contributed by atoms with Gasteiger partial charge in [0.05, 0.1) is 16.1 Å². The number of piperidine rings is 2. The lowest BCUT2D eigenvalue weighted by Crippen LogP contribution is -2.44. The summed E-state index contributed by atoms with van der Waals surface area (Å²) in [7, 11) is 0. The van der Waals surface area contributed by atoms with Crippen molar-refractivity contribution in [3.8, 4) is 0 Å². The molecule has 2 aliphatic heterocycles. The van der Waals surface area contributed by atoms with E-state index in [4.69, 9.17) is 4.98 Å². The molecular formula is C30H39N5O2S. The number of likely N-dealkylation sites (tertiary alicyclic amines) is 1. The molecule has 1 aromatic heterocycles. The molecule has 3 heterocycles. The van der Waals surface area contributed by atoms with Gasteiger partial charge in [0.2, 0.25) is 5.91 Å². The molecule has 202 valence electrons. The molecule has 8 heteroatoms. The second-order valence-electron chi connectivity index (χ2n) is 10.5. The first kappa shape index (κ1) is 26.6. The van der Waals surface area contributed by atoms with Crippen LogP contribution >= 0.6 is 11.3 Å².